The zero-order chi connectivity index (χ0) is 40.1. The van der Waals surface area contributed by atoms with Gasteiger partial charge < -0.3 is 36.6 Å². The Kier molecular flexibility index (Phi) is 15.3. The molecule has 0 aromatic carbocycles. The second-order valence-electron chi connectivity index (χ2n) is 14.6. The van der Waals surface area contributed by atoms with Crippen molar-refractivity contribution >= 4 is 45.7 Å². The molecule has 6 N–H and O–H groups in total. The van der Waals surface area contributed by atoms with Crippen molar-refractivity contribution in [2.24, 2.45) is 11.5 Å². The number of aryl methyl sites for hydroxylation is 2. The van der Waals surface area contributed by atoms with Crippen molar-refractivity contribution < 1.29 is 49.4 Å². The number of esters is 1. The van der Waals surface area contributed by atoms with Gasteiger partial charge in [-0.05, 0) is 39.2 Å². The van der Waals surface area contributed by atoms with Crippen molar-refractivity contribution in [3.63, 3.8) is 0 Å². The summed E-state index contributed by atoms with van der Waals surface area (Å²) in [6.45, 7) is 14.4. The number of nitrogens with zero attached hydrogens (tertiary/aromatic N) is 5. The number of carboxylic acid groups (broad SMARTS) is 1. The number of methoxy groups -OCH3 is 1. The van der Waals surface area contributed by atoms with Crippen molar-refractivity contribution in [3.05, 3.63) is 68.8 Å². The van der Waals surface area contributed by atoms with E-state index in [9.17, 15) is 24.3 Å². The Bertz CT molecular complexity index is 2120. The Labute approximate surface area is 341 Å². The van der Waals surface area contributed by atoms with Gasteiger partial charge in [-0.2, -0.15) is 0 Å². The van der Waals surface area contributed by atoms with E-state index in [0.717, 1.165) is 17.8 Å². The SMILES string of the molecule is CC[C@H]1c2cc3[n-]c(c(CC(=O)OC)c4nc(cc5[n-]c(cc(n2)[C@@H]1C)c(C(C)=O)c5C)[C@@H](C)[C@@H]4CCC(=O)O)c(C(=O)NCCN(CCN)CCN)c3C.[Pd+2]. The van der Waals surface area contributed by atoms with Crippen LogP contribution in [0.5, 0.6) is 0 Å². The van der Waals surface area contributed by atoms with E-state index in [1.807, 2.05) is 39.0 Å². The number of amides is 1. The van der Waals surface area contributed by atoms with Gasteiger partial charge in [0.2, 0.25) is 5.91 Å². The predicted octanol–water partition coefficient (Wildman–Crippen LogP) is 4.10. The first-order valence-electron chi connectivity index (χ1n) is 19.1. The Morgan fingerprint density at radius 1 is 0.875 bits per heavy atom. The Balaban J connectivity index is 0.00000696. The molecule has 56 heavy (non-hydrogen) atoms. The fourth-order valence-electron chi connectivity index (χ4n) is 8.08. The molecular formula is C41H54N8O6Pd. The van der Waals surface area contributed by atoms with Gasteiger partial charge in [-0.1, -0.05) is 50.1 Å². The summed E-state index contributed by atoms with van der Waals surface area (Å²) in [4.78, 5) is 74.9. The molecule has 0 radical (unpaired) electrons. The van der Waals surface area contributed by atoms with Crippen LogP contribution >= 0.6 is 0 Å². The fourth-order valence-corrected chi connectivity index (χ4v) is 8.08. The van der Waals surface area contributed by atoms with Gasteiger partial charge in [-0.15, -0.1) is 22.1 Å². The number of rotatable bonds is 15. The van der Waals surface area contributed by atoms with Gasteiger partial charge in [0.25, 0.3) is 0 Å². The molecule has 304 valence electrons. The first kappa shape index (κ1) is 44.5. The van der Waals surface area contributed by atoms with E-state index in [0.29, 0.717) is 95.0 Å². The summed E-state index contributed by atoms with van der Waals surface area (Å²) in [5, 5.41) is 12.8. The largest absolute Gasteiger partial charge is 2.00 e. The van der Waals surface area contributed by atoms with E-state index in [-0.39, 0.29) is 74.6 Å². The van der Waals surface area contributed by atoms with Gasteiger partial charge in [0.1, 0.15) is 0 Å². The van der Waals surface area contributed by atoms with Crippen LogP contribution in [0.1, 0.15) is 131 Å². The number of hydrogen-bond acceptors (Lipinski definition) is 10. The first-order chi connectivity index (χ1) is 26.2. The number of carboxylic acids is 1. The fraction of sp³-hybridized carbons (Fsp3) is 0.512. The molecule has 2 aliphatic heterocycles. The number of aromatic nitrogens is 4. The normalized spacial score (nSPS) is 17.8. The number of carbonyl (C=O) groups excluding carboxylic acids is 3. The molecule has 14 nitrogen and oxygen atoms in total. The third-order valence-corrected chi connectivity index (χ3v) is 11.2. The number of ketones is 1. The molecule has 15 heteroatoms. The number of hydrogen-bond donors (Lipinski definition) is 4. The maximum absolute atomic E-state index is 14.3. The molecule has 4 atom stereocenters. The molecule has 2 aliphatic rings. The third kappa shape index (κ3) is 9.30. The summed E-state index contributed by atoms with van der Waals surface area (Å²) in [6.07, 6.45) is 0.585. The zero-order valence-electron chi connectivity index (χ0n) is 33.3. The van der Waals surface area contributed by atoms with Crippen molar-refractivity contribution in [3.8, 4) is 0 Å². The number of aliphatic carboxylic acids is 1. The quantitative estimate of drug-likeness (QED) is 0.0963. The molecule has 0 saturated carbocycles. The van der Waals surface area contributed by atoms with Gasteiger partial charge in [0, 0.05) is 103 Å². The second kappa shape index (κ2) is 19.3. The molecule has 5 heterocycles. The molecule has 1 amide bonds. The summed E-state index contributed by atoms with van der Waals surface area (Å²) >= 11 is 0. The van der Waals surface area contributed by atoms with E-state index < -0.39 is 17.9 Å². The van der Waals surface area contributed by atoms with Crippen molar-refractivity contribution in [1.29, 1.82) is 0 Å². The topological polar surface area (TPSA) is 219 Å². The Hall–Kier alpha value is -4.26. The van der Waals surface area contributed by atoms with Crippen molar-refractivity contribution in [2.75, 3.05) is 46.4 Å². The van der Waals surface area contributed by atoms with Gasteiger partial charge >= 0.3 is 32.4 Å². The van der Waals surface area contributed by atoms with Crippen LogP contribution in [0.3, 0.4) is 0 Å². The van der Waals surface area contributed by atoms with Crippen molar-refractivity contribution in [1.82, 2.24) is 30.2 Å². The average molecular weight is 861 g/mol. The maximum atomic E-state index is 14.3. The van der Waals surface area contributed by atoms with Gasteiger partial charge in [0.15, 0.2) is 5.78 Å². The maximum Gasteiger partial charge on any atom is 2.00 e. The number of ether oxygens (including phenoxy) is 1. The van der Waals surface area contributed by atoms with Gasteiger partial charge in [0.05, 0.1) is 13.5 Å². The van der Waals surface area contributed by atoms with E-state index >= 15 is 0 Å². The number of carbonyl (C=O) groups is 4. The minimum absolute atomic E-state index is 0. The minimum Gasteiger partial charge on any atom is -0.657 e. The molecule has 0 saturated heterocycles. The van der Waals surface area contributed by atoms with Crippen LogP contribution < -0.4 is 26.8 Å². The summed E-state index contributed by atoms with van der Waals surface area (Å²) in [6, 6.07) is 5.63. The third-order valence-electron chi connectivity index (χ3n) is 11.2. The number of nitrogens with one attached hydrogen (secondary N) is 1. The summed E-state index contributed by atoms with van der Waals surface area (Å²) < 4.78 is 5.17. The van der Waals surface area contributed by atoms with Crippen LogP contribution in [0.2, 0.25) is 0 Å². The van der Waals surface area contributed by atoms with Crippen LogP contribution in [0.4, 0.5) is 0 Å². The first-order valence-corrected chi connectivity index (χ1v) is 19.1. The van der Waals surface area contributed by atoms with Gasteiger partial charge in [-0.25, -0.2) is 0 Å². The molecule has 5 rings (SSSR count). The molecule has 0 fully saturated rings. The standard InChI is InChI=1S/C41H56N8O6.Pd/c1-8-26-21(2)29-20-34-37(25(6)50)23(4)31(46-34)18-30-22(3)27(9-10-35(51)52)39(47-30)28(17-36(53)55-7)40-38(24(5)32(48-40)19-33(26)45-29)41(54)44-13-16-49(14-11-42)15-12-43;/h18-22,26-27H,8-17,42-43H2,1-7H3,(H4,44,45,46,47,48,50,51,52,54);/q;+2/p-2/t21-,22+,26-,27+;/m1./s1. The van der Waals surface area contributed by atoms with E-state index in [2.05, 4.69) is 24.1 Å². The molecular weight excluding hydrogens is 807 g/mol. The van der Waals surface area contributed by atoms with Crippen LogP contribution in [-0.2, 0) is 41.2 Å². The Morgan fingerprint density at radius 2 is 1.46 bits per heavy atom. The molecule has 3 aromatic heterocycles. The van der Waals surface area contributed by atoms with E-state index in [4.69, 9.17) is 36.1 Å². The Morgan fingerprint density at radius 3 is 2.07 bits per heavy atom. The van der Waals surface area contributed by atoms with E-state index in [1.54, 1.807) is 0 Å². The summed E-state index contributed by atoms with van der Waals surface area (Å²) in [7, 11) is 1.29. The molecule has 8 bridgehead atoms. The van der Waals surface area contributed by atoms with Crippen LogP contribution in [0, 0.1) is 13.8 Å². The molecule has 0 aliphatic carbocycles. The van der Waals surface area contributed by atoms with Gasteiger partial charge in [-0.3, -0.25) is 34.0 Å². The second-order valence-corrected chi connectivity index (χ2v) is 14.6. The van der Waals surface area contributed by atoms with Crippen LogP contribution in [0.15, 0.2) is 18.2 Å². The van der Waals surface area contributed by atoms with Crippen molar-refractivity contribution in [2.45, 2.75) is 90.9 Å². The molecule has 0 unspecified atom stereocenters. The number of nitrogens with two attached hydrogens (primary N) is 2. The minimum atomic E-state index is -0.970. The number of Topliss-reactive ketones (excluding diaryl/α,β-unsaturated/α-hetero) is 1. The molecule has 0 spiro atoms. The summed E-state index contributed by atoms with van der Waals surface area (Å²) in [5.74, 6) is -2.76. The van der Waals surface area contributed by atoms with Crippen LogP contribution in [-0.4, -0.2) is 90.0 Å². The average Bonchev–Trinajstić information content (AvgIpc) is 3.82. The van der Waals surface area contributed by atoms with Crippen LogP contribution in [0.25, 0.3) is 22.1 Å². The smallest absolute Gasteiger partial charge is 0.657 e. The number of fused-ring (bicyclic) bond motifs is 8. The van der Waals surface area contributed by atoms with E-state index in [1.165, 1.54) is 14.0 Å². The summed E-state index contributed by atoms with van der Waals surface area (Å²) in [5.41, 5.74) is 18.6. The monoisotopic (exact) mass is 860 g/mol. The predicted molar refractivity (Wildman–Crippen MR) is 210 cm³/mol. The molecule has 3 aromatic rings. The zero-order valence-corrected chi connectivity index (χ0v) is 34.9.